The minimum atomic E-state index is -0.644. The lowest BCUT2D eigenvalue weighted by Gasteiger charge is -2.36. The Labute approximate surface area is 400 Å². The first-order valence-electron chi connectivity index (χ1n) is 23.6. The lowest BCUT2D eigenvalue weighted by molar-refractivity contribution is -0.137. The molecule has 1 unspecified atom stereocenters. The number of nitrogens with zero attached hydrogens (tertiary/aromatic N) is 8. The predicted octanol–water partition coefficient (Wildman–Crippen LogP) is 4.46. The summed E-state index contributed by atoms with van der Waals surface area (Å²) in [5.74, 6) is 0.964. The number of amides is 5. The van der Waals surface area contributed by atoms with E-state index < -0.39 is 11.9 Å². The molecule has 19 heteroatoms. The Morgan fingerprint density at radius 1 is 0.870 bits per heavy atom. The standard InChI is InChI=1S/C50H59N11O8/c1-34(54-48(64)36-10-6-11-38(27-36)52-30-44-56-57-47(58(44)2)42-17-18-51-33-53-42)35-9-7-12-40(29-35)69-26-5-3-4-23-67-24-8-25-68-32-46(63)60-21-19-59(20-22-60)39-13-14-41-37(28-39)31-61(50(41)66)43-15-16-45(62)55-49(43)65/h6-7,9-14,17-18,27-29,33-34,43,52H,3-5,8,15-16,19-26,30-32H2,1-2H3,(H,54,64)(H,55,62,65)/t34-,43?/m1/s1. The number of imide groups is 1. The van der Waals surface area contributed by atoms with Crippen LogP contribution >= 0.6 is 0 Å². The number of carbonyl (C=O) groups is 5. The molecule has 2 fully saturated rings. The van der Waals surface area contributed by atoms with Crippen molar-refractivity contribution in [3.8, 4) is 17.3 Å². The van der Waals surface area contributed by atoms with Gasteiger partial charge >= 0.3 is 0 Å². The Balaban J connectivity index is 0.648. The van der Waals surface area contributed by atoms with Crippen LogP contribution in [-0.4, -0.2) is 129 Å². The van der Waals surface area contributed by atoms with E-state index in [2.05, 4.69) is 41.0 Å². The largest absolute Gasteiger partial charge is 0.494 e. The highest BCUT2D eigenvalue weighted by Gasteiger charge is 2.39. The van der Waals surface area contributed by atoms with E-state index in [0.29, 0.717) is 101 Å². The molecule has 8 rings (SSSR count). The van der Waals surface area contributed by atoms with Crippen LogP contribution in [0, 0.1) is 0 Å². The zero-order valence-corrected chi connectivity index (χ0v) is 39.1. The molecular formula is C50H59N11O8. The first kappa shape index (κ1) is 48.2. The highest BCUT2D eigenvalue weighted by molar-refractivity contribution is 6.05. The summed E-state index contributed by atoms with van der Waals surface area (Å²) < 4.78 is 19.4. The van der Waals surface area contributed by atoms with E-state index in [1.54, 1.807) is 23.2 Å². The third-order valence-corrected chi connectivity index (χ3v) is 12.6. The first-order chi connectivity index (χ1) is 33.6. The van der Waals surface area contributed by atoms with Gasteiger partial charge in [0.1, 0.15) is 30.4 Å². The molecule has 3 N–H and O–H groups in total. The zero-order valence-electron chi connectivity index (χ0n) is 39.1. The van der Waals surface area contributed by atoms with E-state index in [1.165, 1.54) is 6.33 Å². The van der Waals surface area contributed by atoms with Crippen LogP contribution in [-0.2, 0) is 44.0 Å². The summed E-state index contributed by atoms with van der Waals surface area (Å²) in [6.45, 7) is 7.37. The molecule has 5 amide bonds. The Hall–Kier alpha value is -7.25. The van der Waals surface area contributed by atoms with E-state index in [9.17, 15) is 24.0 Å². The Bertz CT molecular complexity index is 2600. The molecule has 362 valence electrons. The van der Waals surface area contributed by atoms with Crippen molar-refractivity contribution in [2.45, 2.75) is 70.6 Å². The molecular weight excluding hydrogens is 883 g/mol. The van der Waals surface area contributed by atoms with Crippen molar-refractivity contribution in [3.05, 3.63) is 113 Å². The first-order valence-corrected chi connectivity index (χ1v) is 23.6. The molecule has 2 aromatic heterocycles. The number of unbranched alkanes of at least 4 members (excludes halogenated alkanes) is 2. The van der Waals surface area contributed by atoms with Crippen molar-refractivity contribution in [3.63, 3.8) is 0 Å². The maximum Gasteiger partial charge on any atom is 0.255 e. The quantitative estimate of drug-likeness (QED) is 0.0646. The minimum Gasteiger partial charge on any atom is -0.494 e. The molecule has 3 aliphatic heterocycles. The molecule has 19 nitrogen and oxygen atoms in total. The molecule has 2 saturated heterocycles. The van der Waals surface area contributed by atoms with Gasteiger partial charge in [0.25, 0.3) is 11.8 Å². The summed E-state index contributed by atoms with van der Waals surface area (Å²) >= 11 is 0. The number of rotatable bonds is 22. The second kappa shape index (κ2) is 23.2. The van der Waals surface area contributed by atoms with Gasteiger partial charge in [-0.25, -0.2) is 9.97 Å². The number of fused-ring (bicyclic) bond motifs is 1. The fourth-order valence-corrected chi connectivity index (χ4v) is 8.61. The van der Waals surface area contributed by atoms with Crippen LogP contribution in [0.4, 0.5) is 11.4 Å². The smallest absolute Gasteiger partial charge is 0.255 e. The van der Waals surface area contributed by atoms with Gasteiger partial charge in [-0.3, -0.25) is 29.3 Å². The number of benzene rings is 3. The summed E-state index contributed by atoms with van der Waals surface area (Å²) in [7, 11) is 1.88. The maximum atomic E-state index is 13.3. The van der Waals surface area contributed by atoms with Crippen molar-refractivity contribution in [2.75, 3.05) is 69.4 Å². The van der Waals surface area contributed by atoms with Crippen LogP contribution in [0.5, 0.6) is 5.75 Å². The van der Waals surface area contributed by atoms with Gasteiger partial charge in [0, 0.05) is 94.7 Å². The van der Waals surface area contributed by atoms with E-state index in [-0.39, 0.29) is 42.7 Å². The second-order valence-electron chi connectivity index (χ2n) is 17.3. The molecule has 69 heavy (non-hydrogen) atoms. The third kappa shape index (κ3) is 12.5. The molecule has 5 aromatic rings. The number of hydrogen-bond acceptors (Lipinski definition) is 14. The van der Waals surface area contributed by atoms with E-state index >= 15 is 0 Å². The Morgan fingerprint density at radius 3 is 2.51 bits per heavy atom. The topological polar surface area (TPSA) is 215 Å². The molecule has 3 aliphatic rings. The lowest BCUT2D eigenvalue weighted by atomic mass is 10.0. The SMILES string of the molecule is C[C@@H](NC(=O)c1cccc(NCc2nnc(-c3ccncn3)n2C)c1)c1cccc(OCCCCCOCCCOCC(=O)N2CCN(c3ccc4c(c3)CN(C3CCC(=O)NC3=O)C4=O)CC2)c1. The van der Waals surface area contributed by atoms with Gasteiger partial charge in [0.15, 0.2) is 11.6 Å². The highest BCUT2D eigenvalue weighted by Crippen LogP contribution is 2.31. The van der Waals surface area contributed by atoms with Crippen molar-refractivity contribution in [1.82, 2.24) is 45.2 Å². The van der Waals surface area contributed by atoms with Gasteiger partial charge in [-0.2, -0.15) is 0 Å². The van der Waals surface area contributed by atoms with Crippen molar-refractivity contribution in [2.24, 2.45) is 7.05 Å². The number of aromatic nitrogens is 5. The van der Waals surface area contributed by atoms with Gasteiger partial charge in [0.05, 0.1) is 19.2 Å². The molecule has 0 spiro atoms. The monoisotopic (exact) mass is 941 g/mol. The summed E-state index contributed by atoms with van der Waals surface area (Å²) in [4.78, 5) is 77.0. The fraction of sp³-hybridized carbons (Fsp3) is 0.420. The number of anilines is 2. The Kier molecular flexibility index (Phi) is 16.2. The zero-order chi connectivity index (χ0) is 48.1. The van der Waals surface area contributed by atoms with Gasteiger partial charge in [-0.1, -0.05) is 18.2 Å². The van der Waals surface area contributed by atoms with Crippen LogP contribution in [0.25, 0.3) is 11.5 Å². The maximum absolute atomic E-state index is 13.3. The number of nitrogens with one attached hydrogen (secondary N) is 3. The molecule has 0 aliphatic carbocycles. The highest BCUT2D eigenvalue weighted by atomic mass is 16.5. The van der Waals surface area contributed by atoms with Crippen LogP contribution in [0.15, 0.2) is 85.3 Å². The Morgan fingerprint density at radius 2 is 1.68 bits per heavy atom. The number of hydrogen-bond donors (Lipinski definition) is 3. The predicted molar refractivity (Wildman–Crippen MR) is 255 cm³/mol. The summed E-state index contributed by atoms with van der Waals surface area (Å²) in [5.41, 5.74) is 5.35. The second-order valence-corrected chi connectivity index (χ2v) is 17.3. The minimum absolute atomic E-state index is 0.0293. The van der Waals surface area contributed by atoms with E-state index in [4.69, 9.17) is 14.2 Å². The number of piperidine rings is 1. The normalized spacial score (nSPS) is 16.3. The number of ether oxygens (including phenoxy) is 3. The third-order valence-electron chi connectivity index (χ3n) is 12.6. The van der Waals surface area contributed by atoms with E-state index in [1.807, 2.05) is 84.1 Å². The van der Waals surface area contributed by atoms with Crippen LogP contribution < -0.4 is 25.6 Å². The summed E-state index contributed by atoms with van der Waals surface area (Å²) in [5, 5.41) is 17.3. The molecule has 2 atom stereocenters. The average molecular weight is 942 g/mol. The molecule has 0 saturated carbocycles. The summed E-state index contributed by atoms with van der Waals surface area (Å²) in [6.07, 6.45) is 7.12. The fourth-order valence-electron chi connectivity index (χ4n) is 8.61. The van der Waals surface area contributed by atoms with Crippen LogP contribution in [0.1, 0.15) is 89.2 Å². The average Bonchev–Trinajstić information content (AvgIpc) is 3.91. The number of piperazine rings is 1. The van der Waals surface area contributed by atoms with Crippen molar-refractivity contribution < 1.29 is 38.2 Å². The van der Waals surface area contributed by atoms with Crippen LogP contribution in [0.3, 0.4) is 0 Å². The van der Waals surface area contributed by atoms with Crippen molar-refractivity contribution in [1.29, 1.82) is 0 Å². The molecule has 3 aromatic carbocycles. The lowest BCUT2D eigenvalue weighted by Crippen LogP contribution is -2.52. The number of carbonyl (C=O) groups excluding carboxylic acids is 5. The molecule has 0 radical (unpaired) electrons. The van der Waals surface area contributed by atoms with Gasteiger partial charge < -0.3 is 44.1 Å². The van der Waals surface area contributed by atoms with Crippen molar-refractivity contribution >= 4 is 40.9 Å². The van der Waals surface area contributed by atoms with Gasteiger partial charge in [0.2, 0.25) is 17.7 Å². The van der Waals surface area contributed by atoms with Gasteiger partial charge in [-0.15, -0.1) is 10.2 Å². The van der Waals surface area contributed by atoms with Gasteiger partial charge in [-0.05, 0) is 105 Å². The van der Waals surface area contributed by atoms with Crippen LogP contribution in [0.2, 0.25) is 0 Å². The molecule has 0 bridgehead atoms. The summed E-state index contributed by atoms with van der Waals surface area (Å²) in [6, 6.07) is 21.7. The van der Waals surface area contributed by atoms with E-state index in [0.717, 1.165) is 53.3 Å². The molecule has 5 heterocycles.